The second-order valence-electron chi connectivity index (χ2n) is 5.90. The Balaban J connectivity index is 1.68. The standard InChI is InChI=1S/C14H25N5O3/c1-3-22-13(20)11-4-7-14(21,8-5-11)10-15-9-6-12-16-17-18-19(12)2/h11,15,21H,3-10H2,1-2H3. The molecule has 8 nitrogen and oxygen atoms in total. The summed E-state index contributed by atoms with van der Waals surface area (Å²) in [4.78, 5) is 11.7. The number of aryl methyl sites for hydroxylation is 1. The average Bonchev–Trinajstić information content (AvgIpc) is 2.90. The quantitative estimate of drug-likeness (QED) is 0.532. The van der Waals surface area contributed by atoms with E-state index in [1.165, 1.54) is 0 Å². The summed E-state index contributed by atoms with van der Waals surface area (Å²) in [5.74, 6) is 0.614. The van der Waals surface area contributed by atoms with Crippen LogP contribution in [0.5, 0.6) is 0 Å². The molecule has 0 radical (unpaired) electrons. The lowest BCUT2D eigenvalue weighted by Gasteiger charge is -2.35. The first-order chi connectivity index (χ1) is 10.5. The molecule has 1 aliphatic rings. The minimum atomic E-state index is -0.735. The van der Waals surface area contributed by atoms with Crippen molar-refractivity contribution in [2.24, 2.45) is 13.0 Å². The molecule has 0 bridgehead atoms. The summed E-state index contributed by atoms with van der Waals surface area (Å²) < 4.78 is 6.68. The SMILES string of the molecule is CCOC(=O)C1CCC(O)(CNCCc2nnnn2C)CC1. The second kappa shape index (κ2) is 7.64. The first-order valence-electron chi connectivity index (χ1n) is 7.85. The van der Waals surface area contributed by atoms with E-state index in [4.69, 9.17) is 4.74 Å². The molecule has 1 aliphatic carbocycles. The van der Waals surface area contributed by atoms with E-state index in [-0.39, 0.29) is 11.9 Å². The van der Waals surface area contributed by atoms with Crippen LogP contribution in [0.2, 0.25) is 0 Å². The summed E-state index contributed by atoms with van der Waals surface area (Å²) in [6.45, 7) is 3.46. The van der Waals surface area contributed by atoms with Crippen LogP contribution in [0.15, 0.2) is 0 Å². The molecule has 2 N–H and O–H groups in total. The lowest BCUT2D eigenvalue weighted by molar-refractivity contribution is -0.151. The smallest absolute Gasteiger partial charge is 0.308 e. The fourth-order valence-corrected chi connectivity index (χ4v) is 2.81. The third-order valence-corrected chi connectivity index (χ3v) is 4.22. The molecule has 1 fully saturated rings. The summed E-state index contributed by atoms with van der Waals surface area (Å²) in [7, 11) is 1.81. The molecule has 0 aromatic carbocycles. The number of nitrogens with zero attached hydrogens (tertiary/aromatic N) is 4. The molecule has 0 saturated heterocycles. The van der Waals surface area contributed by atoms with Crippen molar-refractivity contribution in [1.82, 2.24) is 25.5 Å². The van der Waals surface area contributed by atoms with Gasteiger partial charge in [0.05, 0.1) is 18.1 Å². The highest BCUT2D eigenvalue weighted by Gasteiger charge is 2.35. The van der Waals surface area contributed by atoms with Gasteiger partial charge in [0.15, 0.2) is 5.82 Å². The predicted molar refractivity (Wildman–Crippen MR) is 78.9 cm³/mol. The van der Waals surface area contributed by atoms with Gasteiger partial charge >= 0.3 is 5.97 Å². The monoisotopic (exact) mass is 311 g/mol. The lowest BCUT2D eigenvalue weighted by Crippen LogP contribution is -2.45. The average molecular weight is 311 g/mol. The van der Waals surface area contributed by atoms with Crippen molar-refractivity contribution < 1.29 is 14.6 Å². The molecular weight excluding hydrogens is 286 g/mol. The molecule has 1 saturated carbocycles. The predicted octanol–water partition coefficient (Wildman–Crippen LogP) is -0.173. The van der Waals surface area contributed by atoms with Crippen molar-refractivity contribution in [2.75, 3.05) is 19.7 Å². The summed E-state index contributed by atoms with van der Waals surface area (Å²) in [5.41, 5.74) is -0.735. The Labute approximate surface area is 130 Å². The molecule has 1 aromatic rings. The highest BCUT2D eigenvalue weighted by atomic mass is 16.5. The highest BCUT2D eigenvalue weighted by molar-refractivity contribution is 5.72. The van der Waals surface area contributed by atoms with Gasteiger partial charge in [0.25, 0.3) is 0 Å². The molecule has 124 valence electrons. The van der Waals surface area contributed by atoms with Gasteiger partial charge < -0.3 is 15.2 Å². The number of carbonyl (C=O) groups excluding carboxylic acids is 1. The van der Waals surface area contributed by atoms with Gasteiger partial charge in [-0.05, 0) is 43.0 Å². The zero-order valence-electron chi connectivity index (χ0n) is 13.3. The minimum absolute atomic E-state index is 0.0649. The Morgan fingerprint density at radius 1 is 1.50 bits per heavy atom. The van der Waals surface area contributed by atoms with Crippen LogP contribution in [0.1, 0.15) is 38.4 Å². The maximum absolute atomic E-state index is 11.7. The van der Waals surface area contributed by atoms with E-state index >= 15 is 0 Å². The van der Waals surface area contributed by atoms with Gasteiger partial charge in [-0.3, -0.25) is 4.79 Å². The molecular formula is C14H25N5O3. The fraction of sp³-hybridized carbons (Fsp3) is 0.857. The molecule has 0 spiro atoms. The molecule has 0 atom stereocenters. The van der Waals surface area contributed by atoms with Crippen LogP contribution in [0.3, 0.4) is 0 Å². The largest absolute Gasteiger partial charge is 0.466 e. The third-order valence-electron chi connectivity index (χ3n) is 4.22. The van der Waals surface area contributed by atoms with E-state index in [2.05, 4.69) is 20.8 Å². The normalized spacial score (nSPS) is 25.1. The molecule has 0 aliphatic heterocycles. The molecule has 2 rings (SSSR count). The number of carbonyl (C=O) groups is 1. The first kappa shape index (κ1) is 16.8. The minimum Gasteiger partial charge on any atom is -0.466 e. The third kappa shape index (κ3) is 4.48. The first-order valence-corrected chi connectivity index (χ1v) is 7.85. The molecule has 8 heteroatoms. The van der Waals surface area contributed by atoms with Crippen molar-refractivity contribution in [2.45, 2.75) is 44.6 Å². The van der Waals surface area contributed by atoms with E-state index in [0.717, 1.165) is 5.82 Å². The van der Waals surface area contributed by atoms with Crippen LogP contribution in [0.4, 0.5) is 0 Å². The Kier molecular flexibility index (Phi) is 5.84. The van der Waals surface area contributed by atoms with E-state index < -0.39 is 5.60 Å². The number of rotatable bonds is 7. The zero-order chi connectivity index (χ0) is 16.0. The number of ether oxygens (including phenoxy) is 1. The maximum atomic E-state index is 11.7. The number of tetrazole rings is 1. The molecule has 22 heavy (non-hydrogen) atoms. The van der Waals surface area contributed by atoms with Crippen LogP contribution >= 0.6 is 0 Å². The Bertz CT molecular complexity index is 483. The van der Waals surface area contributed by atoms with Crippen LogP contribution in [0, 0.1) is 5.92 Å². The van der Waals surface area contributed by atoms with Crippen molar-refractivity contribution in [3.8, 4) is 0 Å². The van der Waals surface area contributed by atoms with E-state index in [9.17, 15) is 9.90 Å². The van der Waals surface area contributed by atoms with Crippen molar-refractivity contribution >= 4 is 5.97 Å². The van der Waals surface area contributed by atoms with Crippen molar-refractivity contribution in [1.29, 1.82) is 0 Å². The van der Waals surface area contributed by atoms with Gasteiger partial charge in [0, 0.05) is 26.6 Å². The Morgan fingerprint density at radius 3 is 2.82 bits per heavy atom. The van der Waals surface area contributed by atoms with Gasteiger partial charge in [-0.15, -0.1) is 5.10 Å². The number of hydrogen-bond donors (Lipinski definition) is 2. The lowest BCUT2D eigenvalue weighted by atomic mass is 9.79. The van der Waals surface area contributed by atoms with E-state index in [0.29, 0.717) is 51.8 Å². The molecule has 0 unspecified atom stereocenters. The Morgan fingerprint density at radius 2 is 2.23 bits per heavy atom. The van der Waals surface area contributed by atoms with E-state index in [1.807, 2.05) is 6.92 Å². The number of esters is 1. The van der Waals surface area contributed by atoms with Crippen molar-refractivity contribution in [3.63, 3.8) is 0 Å². The van der Waals surface area contributed by atoms with Crippen LogP contribution in [-0.4, -0.2) is 56.6 Å². The van der Waals surface area contributed by atoms with Crippen LogP contribution in [0.25, 0.3) is 0 Å². The van der Waals surface area contributed by atoms with Crippen molar-refractivity contribution in [3.05, 3.63) is 5.82 Å². The summed E-state index contributed by atoms with van der Waals surface area (Å²) >= 11 is 0. The topological polar surface area (TPSA) is 102 Å². The molecule has 1 heterocycles. The van der Waals surface area contributed by atoms with Crippen LogP contribution < -0.4 is 5.32 Å². The van der Waals surface area contributed by atoms with Gasteiger partial charge in [0.1, 0.15) is 0 Å². The molecule has 1 aromatic heterocycles. The van der Waals surface area contributed by atoms with Gasteiger partial charge in [-0.1, -0.05) is 0 Å². The maximum Gasteiger partial charge on any atom is 0.308 e. The fourth-order valence-electron chi connectivity index (χ4n) is 2.81. The van der Waals surface area contributed by atoms with Gasteiger partial charge in [-0.25, -0.2) is 4.68 Å². The van der Waals surface area contributed by atoms with Gasteiger partial charge in [-0.2, -0.15) is 0 Å². The summed E-state index contributed by atoms with van der Waals surface area (Å²) in [5, 5.41) is 25.1. The number of hydrogen-bond acceptors (Lipinski definition) is 7. The number of aliphatic hydroxyl groups is 1. The second-order valence-corrected chi connectivity index (χ2v) is 5.90. The zero-order valence-corrected chi connectivity index (χ0v) is 13.3. The number of aromatic nitrogens is 4. The van der Waals surface area contributed by atoms with Gasteiger partial charge in [0.2, 0.25) is 0 Å². The Hall–Kier alpha value is -1.54. The number of nitrogens with one attached hydrogen (secondary N) is 1. The highest BCUT2D eigenvalue weighted by Crippen LogP contribution is 2.32. The summed E-state index contributed by atoms with van der Waals surface area (Å²) in [6.07, 6.45) is 3.32. The summed E-state index contributed by atoms with van der Waals surface area (Å²) in [6, 6.07) is 0. The van der Waals surface area contributed by atoms with E-state index in [1.54, 1.807) is 11.7 Å². The van der Waals surface area contributed by atoms with Crippen LogP contribution in [-0.2, 0) is 23.0 Å². The molecule has 0 amide bonds.